The Morgan fingerprint density at radius 2 is 1.81 bits per heavy atom. The monoisotopic (exact) mass is 328 g/mol. The van der Waals surface area contributed by atoms with E-state index >= 15 is 0 Å². The van der Waals surface area contributed by atoms with E-state index in [1.165, 1.54) is 0 Å². The Labute approximate surface area is 122 Å². The zero-order valence-electron chi connectivity index (χ0n) is 12.1. The van der Waals surface area contributed by atoms with Crippen molar-refractivity contribution in [1.82, 2.24) is 0 Å². The number of aliphatic hydroxyl groups is 3. The first-order valence-corrected chi connectivity index (χ1v) is 7.70. The van der Waals surface area contributed by atoms with Gasteiger partial charge in [0, 0.05) is 26.6 Å². The first-order valence-electron chi connectivity index (χ1n) is 6.24. The normalized spacial score (nSPS) is 33.7. The van der Waals surface area contributed by atoms with Gasteiger partial charge in [-0.25, -0.2) is 9.36 Å². The highest BCUT2D eigenvalue weighted by Crippen LogP contribution is 2.48. The lowest BCUT2D eigenvalue weighted by Crippen LogP contribution is -2.55. The molecule has 0 aromatic carbocycles. The summed E-state index contributed by atoms with van der Waals surface area (Å²) in [7, 11) is -0.400. The fraction of sp³-hybridized carbons (Fsp3) is 0.909. The van der Waals surface area contributed by atoms with Gasteiger partial charge in [0.1, 0.15) is 0 Å². The molecule has 0 spiro atoms. The molecule has 0 aromatic heterocycles. The van der Waals surface area contributed by atoms with E-state index in [1.54, 1.807) is 0 Å². The Morgan fingerprint density at radius 1 is 1.24 bits per heavy atom. The molecule has 3 N–H and O–H groups in total. The third-order valence-corrected chi connectivity index (χ3v) is 4.84. The molecule has 1 aliphatic rings. The molecule has 1 rings (SSSR count). The Kier molecular flexibility index (Phi) is 6.30. The van der Waals surface area contributed by atoms with Gasteiger partial charge in [-0.05, 0) is 6.42 Å². The first kappa shape index (κ1) is 18.5. The molecule has 9 nitrogen and oxygen atoms in total. The van der Waals surface area contributed by atoms with Crippen LogP contribution in [0.4, 0.5) is 0 Å². The van der Waals surface area contributed by atoms with Crippen LogP contribution in [0.15, 0.2) is 0 Å². The smallest absolute Gasteiger partial charge is 0.467 e. The van der Waals surface area contributed by atoms with Crippen LogP contribution in [-0.4, -0.2) is 67.0 Å². The van der Waals surface area contributed by atoms with Crippen LogP contribution in [0.25, 0.3) is 0 Å². The van der Waals surface area contributed by atoms with Crippen molar-refractivity contribution in [2.75, 3.05) is 27.9 Å². The van der Waals surface area contributed by atoms with Gasteiger partial charge in [0.05, 0.1) is 25.9 Å². The minimum absolute atomic E-state index is 0.217. The maximum absolute atomic E-state index is 11.8. The number of carbonyl (C=O) groups is 1. The summed E-state index contributed by atoms with van der Waals surface area (Å²) in [6, 6.07) is 0. The SMILES string of the molecule is COC(=O)[C@]1(O)C[C@@H](COP(=O)(OC)OC)[C@@H](O)[C@H](O)C1. The van der Waals surface area contributed by atoms with Crippen LogP contribution in [0.2, 0.25) is 0 Å². The second-order valence-corrected chi connectivity index (χ2v) is 6.74. The standard InChI is InChI=1S/C11H21O9P/c1-17-10(14)11(15)4-7(9(13)8(12)5-11)6-20-21(16,18-2)19-3/h7-9,12-13,15H,4-6H2,1-3H3/t7-,8+,9+,11-/m0/s1. The van der Waals surface area contributed by atoms with E-state index in [9.17, 15) is 24.7 Å². The Morgan fingerprint density at radius 3 is 2.29 bits per heavy atom. The summed E-state index contributed by atoms with van der Waals surface area (Å²) in [5.74, 6) is -1.77. The molecule has 0 amide bonds. The lowest BCUT2D eigenvalue weighted by Gasteiger charge is -2.40. The molecule has 0 aromatic rings. The van der Waals surface area contributed by atoms with Crippen molar-refractivity contribution in [3.8, 4) is 0 Å². The largest absolute Gasteiger partial charge is 0.474 e. The molecule has 0 saturated heterocycles. The van der Waals surface area contributed by atoms with Crippen molar-refractivity contribution in [3.05, 3.63) is 0 Å². The lowest BCUT2D eigenvalue weighted by atomic mass is 9.75. The Balaban J connectivity index is 2.80. The van der Waals surface area contributed by atoms with Gasteiger partial charge < -0.3 is 20.1 Å². The minimum atomic E-state index is -3.76. The molecule has 1 fully saturated rings. The third-order valence-electron chi connectivity index (χ3n) is 3.48. The summed E-state index contributed by atoms with van der Waals surface area (Å²) in [6.45, 7) is -0.337. The van der Waals surface area contributed by atoms with Crippen LogP contribution < -0.4 is 0 Å². The molecule has 0 bridgehead atoms. The van der Waals surface area contributed by atoms with Crippen LogP contribution in [0.3, 0.4) is 0 Å². The molecule has 10 heteroatoms. The van der Waals surface area contributed by atoms with E-state index in [1.807, 2.05) is 0 Å². The van der Waals surface area contributed by atoms with Gasteiger partial charge in [-0.15, -0.1) is 0 Å². The number of esters is 1. The van der Waals surface area contributed by atoms with Crippen LogP contribution >= 0.6 is 7.82 Å². The summed E-state index contributed by atoms with van der Waals surface area (Å²) in [4.78, 5) is 11.6. The predicted molar refractivity (Wildman–Crippen MR) is 69.3 cm³/mol. The van der Waals surface area contributed by atoms with Crippen molar-refractivity contribution in [1.29, 1.82) is 0 Å². The molecule has 21 heavy (non-hydrogen) atoms. The average Bonchev–Trinajstić information content (AvgIpc) is 2.48. The molecule has 0 aliphatic heterocycles. The highest BCUT2D eigenvalue weighted by Gasteiger charge is 2.50. The number of carbonyl (C=O) groups excluding carboxylic acids is 1. The van der Waals surface area contributed by atoms with Crippen molar-refractivity contribution >= 4 is 13.8 Å². The van der Waals surface area contributed by atoms with Gasteiger partial charge in [0.25, 0.3) is 0 Å². The maximum atomic E-state index is 11.8. The van der Waals surface area contributed by atoms with Crippen LogP contribution in [0.5, 0.6) is 0 Å². The van der Waals surface area contributed by atoms with E-state index in [0.717, 1.165) is 21.3 Å². The number of ether oxygens (including phenoxy) is 1. The topological polar surface area (TPSA) is 132 Å². The van der Waals surface area contributed by atoms with Crippen molar-refractivity contribution < 1.29 is 43.0 Å². The molecule has 0 unspecified atom stereocenters. The molecule has 1 aliphatic carbocycles. The molecular formula is C11H21O9P. The summed E-state index contributed by atoms with van der Waals surface area (Å²) in [5.41, 5.74) is -1.94. The minimum Gasteiger partial charge on any atom is -0.467 e. The predicted octanol–water partition coefficient (Wildman–Crippen LogP) is -0.560. The molecule has 124 valence electrons. The summed E-state index contributed by atoms with van der Waals surface area (Å²) < 4.78 is 30.4. The van der Waals surface area contributed by atoms with E-state index in [4.69, 9.17) is 4.52 Å². The van der Waals surface area contributed by atoms with Gasteiger partial charge in [0.2, 0.25) is 0 Å². The summed E-state index contributed by atoms with van der Waals surface area (Å²) in [5, 5.41) is 29.9. The number of rotatable bonds is 6. The number of phosphoric acid groups is 1. The van der Waals surface area contributed by atoms with Gasteiger partial charge in [0.15, 0.2) is 5.60 Å². The molecule has 1 saturated carbocycles. The molecule has 0 radical (unpaired) electrons. The Hall–Kier alpha value is -0.540. The first-order chi connectivity index (χ1) is 9.71. The molecule has 0 heterocycles. The second kappa shape index (κ2) is 7.15. The molecule has 4 atom stereocenters. The average molecular weight is 328 g/mol. The Bertz CT molecular complexity index is 406. The number of hydrogen-bond acceptors (Lipinski definition) is 9. The highest BCUT2D eigenvalue weighted by molar-refractivity contribution is 7.48. The zero-order valence-corrected chi connectivity index (χ0v) is 13.0. The van der Waals surface area contributed by atoms with Crippen molar-refractivity contribution in [2.24, 2.45) is 5.92 Å². The second-order valence-electron chi connectivity index (χ2n) is 4.86. The lowest BCUT2D eigenvalue weighted by molar-refractivity contribution is -0.183. The number of methoxy groups -OCH3 is 1. The van der Waals surface area contributed by atoms with Gasteiger partial charge in [-0.3, -0.25) is 13.6 Å². The van der Waals surface area contributed by atoms with Crippen LogP contribution in [0.1, 0.15) is 12.8 Å². The quantitative estimate of drug-likeness (QED) is 0.433. The van der Waals surface area contributed by atoms with E-state index < -0.39 is 37.5 Å². The van der Waals surface area contributed by atoms with E-state index in [0.29, 0.717) is 0 Å². The van der Waals surface area contributed by atoms with E-state index in [-0.39, 0.29) is 19.4 Å². The van der Waals surface area contributed by atoms with Crippen LogP contribution in [0, 0.1) is 5.92 Å². The van der Waals surface area contributed by atoms with Crippen LogP contribution in [-0.2, 0) is 27.7 Å². The van der Waals surface area contributed by atoms with Gasteiger partial charge in [-0.1, -0.05) is 0 Å². The number of phosphoric ester groups is 1. The third kappa shape index (κ3) is 4.23. The van der Waals surface area contributed by atoms with Crippen molar-refractivity contribution in [2.45, 2.75) is 30.7 Å². The summed E-state index contributed by atoms with van der Waals surface area (Å²) in [6.07, 6.45) is -3.17. The molecular weight excluding hydrogens is 307 g/mol. The maximum Gasteiger partial charge on any atom is 0.474 e. The number of hydrogen-bond donors (Lipinski definition) is 3. The van der Waals surface area contributed by atoms with E-state index in [2.05, 4.69) is 13.8 Å². The van der Waals surface area contributed by atoms with Gasteiger partial charge in [-0.2, -0.15) is 0 Å². The fourth-order valence-electron chi connectivity index (χ4n) is 2.30. The highest BCUT2D eigenvalue weighted by atomic mass is 31.2. The fourth-order valence-corrected chi connectivity index (χ4v) is 3.03. The number of aliphatic hydroxyl groups excluding tert-OH is 2. The van der Waals surface area contributed by atoms with Gasteiger partial charge >= 0.3 is 13.8 Å². The summed E-state index contributed by atoms with van der Waals surface area (Å²) >= 11 is 0. The van der Waals surface area contributed by atoms with Crippen molar-refractivity contribution in [3.63, 3.8) is 0 Å². The zero-order chi connectivity index (χ0) is 16.3.